The van der Waals surface area contributed by atoms with E-state index in [9.17, 15) is 17.1 Å². The van der Waals surface area contributed by atoms with Gasteiger partial charge >= 0.3 is 10.4 Å². The monoisotopic (exact) mass is 301 g/mol. The van der Waals surface area contributed by atoms with Crippen LogP contribution in [0.4, 0.5) is 3.89 Å². The lowest BCUT2D eigenvalue weighted by molar-refractivity contribution is 0.0938. The van der Waals surface area contributed by atoms with Gasteiger partial charge in [-0.3, -0.25) is 9.78 Å². The highest BCUT2D eigenvalue weighted by molar-refractivity contribution is 7.83. The van der Waals surface area contributed by atoms with E-state index in [0.717, 1.165) is 15.6 Å². The van der Waals surface area contributed by atoms with Crippen LogP contribution in [0.1, 0.15) is 28.0 Å². The molecule has 1 unspecified atom stereocenters. The fourth-order valence-electron chi connectivity index (χ4n) is 2.18. The minimum Gasteiger partial charge on any atom is -0.348 e. The van der Waals surface area contributed by atoms with E-state index in [1.807, 2.05) is 0 Å². The highest BCUT2D eigenvalue weighted by atomic mass is 32.3. The van der Waals surface area contributed by atoms with Crippen molar-refractivity contribution in [2.45, 2.75) is 26.3 Å². The Hall–Kier alpha value is -1.54. The molecule has 0 radical (unpaired) electrons. The van der Waals surface area contributed by atoms with E-state index in [-0.39, 0.29) is 25.0 Å². The Morgan fingerprint density at radius 2 is 2.20 bits per heavy atom. The van der Waals surface area contributed by atoms with Crippen molar-refractivity contribution in [3.8, 4) is 0 Å². The van der Waals surface area contributed by atoms with Gasteiger partial charge in [0.15, 0.2) is 0 Å². The van der Waals surface area contributed by atoms with Gasteiger partial charge < -0.3 is 5.32 Å². The molecule has 2 rings (SSSR count). The summed E-state index contributed by atoms with van der Waals surface area (Å²) in [4.78, 5) is 16.2. The van der Waals surface area contributed by atoms with Crippen LogP contribution in [0.15, 0.2) is 12.3 Å². The molecule has 2 heterocycles. The average Bonchev–Trinajstić information content (AvgIpc) is 2.80. The fourth-order valence-corrected chi connectivity index (χ4v) is 2.86. The first-order valence-electron chi connectivity index (χ1n) is 6.21. The Labute approximate surface area is 117 Å². The molecule has 1 fully saturated rings. The van der Waals surface area contributed by atoms with E-state index in [0.29, 0.717) is 12.0 Å². The smallest absolute Gasteiger partial charge is 0.348 e. The van der Waals surface area contributed by atoms with Crippen molar-refractivity contribution in [2.75, 3.05) is 13.1 Å². The van der Waals surface area contributed by atoms with Crippen LogP contribution in [-0.2, 0) is 10.4 Å². The third-order valence-corrected chi connectivity index (χ3v) is 4.23. The zero-order valence-corrected chi connectivity index (χ0v) is 12.1. The van der Waals surface area contributed by atoms with Gasteiger partial charge in [0, 0.05) is 36.6 Å². The van der Waals surface area contributed by atoms with Gasteiger partial charge in [-0.25, -0.2) is 0 Å². The van der Waals surface area contributed by atoms with Crippen LogP contribution in [0.3, 0.4) is 0 Å². The van der Waals surface area contributed by atoms with Crippen LogP contribution in [0.25, 0.3) is 0 Å². The van der Waals surface area contributed by atoms with Gasteiger partial charge in [-0.15, -0.1) is 0 Å². The second kappa shape index (κ2) is 5.45. The molecule has 1 N–H and O–H groups in total. The number of halogens is 1. The third kappa shape index (κ3) is 3.31. The summed E-state index contributed by atoms with van der Waals surface area (Å²) in [6.45, 7) is 3.60. The molecule has 1 amide bonds. The molecule has 1 aliphatic heterocycles. The lowest BCUT2D eigenvalue weighted by Crippen LogP contribution is -2.38. The predicted molar refractivity (Wildman–Crippen MR) is 71.2 cm³/mol. The molecule has 0 aliphatic carbocycles. The van der Waals surface area contributed by atoms with Gasteiger partial charge in [-0.1, -0.05) is 3.89 Å². The van der Waals surface area contributed by atoms with Crippen molar-refractivity contribution in [1.82, 2.24) is 14.6 Å². The minimum absolute atomic E-state index is 0.0340. The molecule has 110 valence electrons. The largest absolute Gasteiger partial charge is 0.374 e. The van der Waals surface area contributed by atoms with E-state index in [1.54, 1.807) is 26.1 Å². The second-order valence-corrected chi connectivity index (χ2v) is 6.24. The Morgan fingerprint density at radius 3 is 2.80 bits per heavy atom. The van der Waals surface area contributed by atoms with E-state index >= 15 is 0 Å². The molecule has 0 saturated carbocycles. The second-order valence-electron chi connectivity index (χ2n) is 4.90. The van der Waals surface area contributed by atoms with E-state index in [2.05, 4.69) is 10.3 Å². The normalized spacial score (nSPS) is 20.1. The van der Waals surface area contributed by atoms with Crippen LogP contribution in [0.2, 0.25) is 0 Å². The number of aryl methyl sites for hydroxylation is 2. The number of carbonyl (C=O) groups excluding carboxylic acids is 1. The van der Waals surface area contributed by atoms with Crippen molar-refractivity contribution in [1.29, 1.82) is 0 Å². The number of carbonyl (C=O) groups is 1. The van der Waals surface area contributed by atoms with Gasteiger partial charge in [0.1, 0.15) is 0 Å². The first-order valence-corrected chi connectivity index (χ1v) is 7.55. The number of hydrogen-bond acceptors (Lipinski definition) is 4. The van der Waals surface area contributed by atoms with Crippen LogP contribution < -0.4 is 5.32 Å². The first-order chi connectivity index (χ1) is 9.27. The predicted octanol–water partition coefficient (Wildman–Crippen LogP) is 0.717. The number of nitrogens with one attached hydrogen (secondary N) is 1. The van der Waals surface area contributed by atoms with Crippen LogP contribution in [-0.4, -0.2) is 42.7 Å². The molecule has 1 saturated heterocycles. The number of aromatic nitrogens is 1. The summed E-state index contributed by atoms with van der Waals surface area (Å²) in [5.41, 5.74) is 1.96. The van der Waals surface area contributed by atoms with Crippen molar-refractivity contribution in [3.63, 3.8) is 0 Å². The van der Waals surface area contributed by atoms with Crippen molar-refractivity contribution in [3.05, 3.63) is 29.1 Å². The summed E-state index contributed by atoms with van der Waals surface area (Å²) in [6.07, 6.45) is 2.01. The number of nitrogens with zero attached hydrogens (tertiary/aromatic N) is 2. The quantitative estimate of drug-likeness (QED) is 0.834. The van der Waals surface area contributed by atoms with Gasteiger partial charge in [-0.2, -0.15) is 12.7 Å². The lowest BCUT2D eigenvalue weighted by Gasteiger charge is -2.14. The number of rotatable bonds is 3. The summed E-state index contributed by atoms with van der Waals surface area (Å²) in [6, 6.07) is 1.30. The number of hydrogen-bond donors (Lipinski definition) is 1. The molecule has 1 aliphatic rings. The Bertz CT molecular complexity index is 633. The molecule has 1 aromatic rings. The minimum atomic E-state index is -4.68. The molecule has 0 aromatic carbocycles. The van der Waals surface area contributed by atoms with E-state index in [1.165, 1.54) is 0 Å². The van der Waals surface area contributed by atoms with Crippen molar-refractivity contribution >= 4 is 16.3 Å². The Kier molecular flexibility index (Phi) is 4.05. The standard InChI is InChI=1S/C12H16FN3O3S/c1-8-6-14-9(2)5-11(8)12(17)15-10-3-4-16(7-10)20(13,18)19/h5-6,10H,3-4,7H2,1-2H3,(H,15,17). The van der Waals surface area contributed by atoms with Crippen LogP contribution in [0, 0.1) is 13.8 Å². The lowest BCUT2D eigenvalue weighted by atomic mass is 10.1. The maximum Gasteiger partial charge on any atom is 0.374 e. The molecular formula is C12H16FN3O3S. The number of pyridine rings is 1. The summed E-state index contributed by atoms with van der Waals surface area (Å²) < 4.78 is 35.1. The fraction of sp³-hybridized carbons (Fsp3) is 0.500. The Morgan fingerprint density at radius 1 is 1.50 bits per heavy atom. The third-order valence-electron chi connectivity index (χ3n) is 3.28. The summed E-state index contributed by atoms with van der Waals surface area (Å²) in [7, 11) is -4.68. The zero-order valence-electron chi connectivity index (χ0n) is 11.3. The Balaban J connectivity index is 2.05. The van der Waals surface area contributed by atoms with Crippen molar-refractivity contribution in [2.24, 2.45) is 0 Å². The molecule has 1 aromatic heterocycles. The number of amides is 1. The van der Waals surface area contributed by atoms with Gasteiger partial charge in [0.2, 0.25) is 0 Å². The van der Waals surface area contributed by atoms with Crippen LogP contribution >= 0.6 is 0 Å². The summed E-state index contributed by atoms with van der Waals surface area (Å²) >= 11 is 0. The van der Waals surface area contributed by atoms with E-state index < -0.39 is 10.4 Å². The highest BCUT2D eigenvalue weighted by Crippen LogP contribution is 2.16. The van der Waals surface area contributed by atoms with E-state index in [4.69, 9.17) is 0 Å². The maximum absolute atomic E-state index is 12.8. The SMILES string of the molecule is Cc1cc(C(=O)NC2CCN(S(=O)(=O)F)C2)c(C)cn1. The molecule has 0 spiro atoms. The first kappa shape index (κ1) is 14.9. The van der Waals surface area contributed by atoms with Crippen molar-refractivity contribution < 1.29 is 17.1 Å². The molecule has 1 atom stereocenters. The van der Waals surface area contributed by atoms with Gasteiger partial charge in [0.05, 0.1) is 0 Å². The van der Waals surface area contributed by atoms with Gasteiger partial charge in [0.25, 0.3) is 5.91 Å². The highest BCUT2D eigenvalue weighted by Gasteiger charge is 2.32. The zero-order chi connectivity index (χ0) is 14.9. The maximum atomic E-state index is 12.8. The average molecular weight is 301 g/mol. The molecule has 8 heteroatoms. The molecular weight excluding hydrogens is 285 g/mol. The summed E-state index contributed by atoms with van der Waals surface area (Å²) in [5.74, 6) is -0.295. The molecule has 0 bridgehead atoms. The van der Waals surface area contributed by atoms with Crippen LogP contribution in [0.5, 0.6) is 0 Å². The summed E-state index contributed by atoms with van der Waals surface area (Å²) in [5, 5.41) is 2.73. The molecule has 20 heavy (non-hydrogen) atoms. The molecule has 6 nitrogen and oxygen atoms in total. The topological polar surface area (TPSA) is 79.4 Å². The van der Waals surface area contributed by atoms with Gasteiger partial charge in [-0.05, 0) is 31.9 Å².